The fourth-order valence-electron chi connectivity index (χ4n) is 3.05. The molecule has 180 valence electrons. The summed E-state index contributed by atoms with van der Waals surface area (Å²) in [6.07, 6.45) is -3.50. The Balaban J connectivity index is 1.85. The van der Waals surface area contributed by atoms with Crippen molar-refractivity contribution in [3.8, 4) is 16.9 Å². The number of aromatic nitrogens is 1. The van der Waals surface area contributed by atoms with Crippen LogP contribution >= 0.6 is 0 Å². The number of rotatable bonds is 6. The largest absolute Gasteiger partial charge is 0.433 e. The molecule has 0 radical (unpaired) electrons. The molecule has 2 heterocycles. The predicted octanol–water partition coefficient (Wildman–Crippen LogP) is 6.23. The van der Waals surface area contributed by atoms with Crippen LogP contribution in [0, 0.1) is 5.92 Å². The third-order valence-electron chi connectivity index (χ3n) is 6.47. The molecular formula is C24H30F3NO4Si. The Hall–Kier alpha value is -2.23. The van der Waals surface area contributed by atoms with E-state index in [2.05, 4.69) is 38.8 Å². The number of pyridine rings is 1. The molecule has 1 fully saturated rings. The van der Waals surface area contributed by atoms with E-state index in [1.54, 1.807) is 24.3 Å². The monoisotopic (exact) mass is 481 g/mol. The number of nitrogens with zero attached hydrogens (tertiary/aromatic N) is 1. The van der Waals surface area contributed by atoms with E-state index in [-0.39, 0.29) is 29.6 Å². The minimum Gasteiger partial charge on any atom is -0.426 e. The van der Waals surface area contributed by atoms with Crippen LogP contribution < -0.4 is 4.74 Å². The van der Waals surface area contributed by atoms with Crippen LogP contribution in [0.1, 0.15) is 39.0 Å². The van der Waals surface area contributed by atoms with Gasteiger partial charge in [-0.25, -0.2) is 0 Å². The lowest BCUT2D eigenvalue weighted by Gasteiger charge is -2.36. The van der Waals surface area contributed by atoms with Crippen LogP contribution in [-0.4, -0.2) is 32.0 Å². The van der Waals surface area contributed by atoms with E-state index in [1.165, 1.54) is 6.20 Å². The number of halogens is 3. The van der Waals surface area contributed by atoms with Gasteiger partial charge in [-0.2, -0.15) is 13.2 Å². The molecule has 0 amide bonds. The summed E-state index contributed by atoms with van der Waals surface area (Å²) >= 11 is 0. The summed E-state index contributed by atoms with van der Waals surface area (Å²) < 4.78 is 56.7. The highest BCUT2D eigenvalue weighted by molar-refractivity contribution is 6.74. The van der Waals surface area contributed by atoms with Crippen LogP contribution in [0.5, 0.6) is 5.75 Å². The molecule has 2 unspecified atom stereocenters. The molecule has 2 atom stereocenters. The third-order valence-corrected chi connectivity index (χ3v) is 10.9. The van der Waals surface area contributed by atoms with Crippen LogP contribution in [0.2, 0.25) is 18.1 Å². The quantitative estimate of drug-likeness (QED) is 0.278. The van der Waals surface area contributed by atoms with Crippen molar-refractivity contribution in [3.63, 3.8) is 0 Å². The van der Waals surface area contributed by atoms with Crippen LogP contribution in [0.4, 0.5) is 13.2 Å². The smallest absolute Gasteiger partial charge is 0.426 e. The lowest BCUT2D eigenvalue weighted by molar-refractivity contribution is -0.166. The lowest BCUT2D eigenvalue weighted by Crippen LogP contribution is -2.44. The van der Waals surface area contributed by atoms with Gasteiger partial charge in [-0.1, -0.05) is 32.9 Å². The summed E-state index contributed by atoms with van der Waals surface area (Å²) in [5.41, 5.74) is 0.653. The Morgan fingerprint density at radius 3 is 2.30 bits per heavy atom. The van der Waals surface area contributed by atoms with Gasteiger partial charge in [0.2, 0.25) is 0 Å². The van der Waals surface area contributed by atoms with Crippen LogP contribution in [0.15, 0.2) is 36.5 Å². The molecule has 5 nitrogen and oxygen atoms in total. The minimum absolute atomic E-state index is 0.0493. The zero-order valence-electron chi connectivity index (χ0n) is 19.7. The van der Waals surface area contributed by atoms with Crippen molar-refractivity contribution in [2.75, 3.05) is 6.61 Å². The first-order valence-corrected chi connectivity index (χ1v) is 13.7. The maximum atomic E-state index is 13.3. The normalized spacial score (nSPS) is 19.2. The summed E-state index contributed by atoms with van der Waals surface area (Å²) in [5, 5.41) is -0.0818. The van der Waals surface area contributed by atoms with Crippen molar-refractivity contribution in [3.05, 3.63) is 47.8 Å². The molecule has 1 saturated heterocycles. The first-order valence-electron chi connectivity index (χ1n) is 10.8. The SMILES string of the molecule is CC1OCC1C(=O)Oc1ccc(-c2cnc(C(F)(F)F)cc2CO[Si](C)(C)C(C)(C)C)cc1. The highest BCUT2D eigenvalue weighted by Gasteiger charge is 2.38. The third kappa shape index (κ3) is 5.83. The molecule has 1 aliphatic heterocycles. The maximum Gasteiger partial charge on any atom is 0.433 e. The van der Waals surface area contributed by atoms with Crippen LogP contribution in [0.25, 0.3) is 11.1 Å². The number of hydrogen-bond acceptors (Lipinski definition) is 5. The van der Waals surface area contributed by atoms with Crippen molar-refractivity contribution in [2.45, 2.75) is 64.7 Å². The standard InChI is InChI=1S/C24H30F3NO4Si/c1-15-20(14-30-15)22(29)32-18-9-7-16(8-10-18)19-12-28-21(24(25,26)27)11-17(19)13-31-33(5,6)23(2,3)4/h7-12,15,20H,13-14H2,1-6H3. The highest BCUT2D eigenvalue weighted by Crippen LogP contribution is 2.38. The number of hydrogen-bond donors (Lipinski definition) is 0. The Bertz CT molecular complexity index is 1000. The molecule has 2 aromatic rings. The van der Waals surface area contributed by atoms with E-state index in [0.717, 1.165) is 6.07 Å². The van der Waals surface area contributed by atoms with Gasteiger partial charge in [0, 0.05) is 11.8 Å². The van der Waals surface area contributed by atoms with E-state index in [0.29, 0.717) is 29.0 Å². The average molecular weight is 482 g/mol. The molecule has 33 heavy (non-hydrogen) atoms. The second-order valence-corrected chi connectivity index (χ2v) is 14.7. The number of carbonyl (C=O) groups excluding carboxylic acids is 1. The van der Waals surface area contributed by atoms with Crippen LogP contribution in [-0.2, 0) is 26.7 Å². The predicted molar refractivity (Wildman–Crippen MR) is 121 cm³/mol. The van der Waals surface area contributed by atoms with E-state index >= 15 is 0 Å². The Morgan fingerprint density at radius 2 is 1.82 bits per heavy atom. The van der Waals surface area contributed by atoms with Crippen molar-refractivity contribution >= 4 is 14.3 Å². The summed E-state index contributed by atoms with van der Waals surface area (Å²) in [6.45, 7) is 12.5. The molecule has 1 aromatic heterocycles. The molecule has 1 aliphatic rings. The number of benzene rings is 1. The fourth-order valence-corrected chi connectivity index (χ4v) is 3.99. The van der Waals surface area contributed by atoms with E-state index in [1.807, 2.05) is 6.92 Å². The molecule has 0 saturated carbocycles. The number of ether oxygens (including phenoxy) is 2. The van der Waals surface area contributed by atoms with Gasteiger partial charge >= 0.3 is 12.1 Å². The first-order chi connectivity index (χ1) is 15.2. The molecular weight excluding hydrogens is 451 g/mol. The molecule has 0 bridgehead atoms. The number of esters is 1. The molecule has 1 aromatic carbocycles. The summed E-state index contributed by atoms with van der Waals surface area (Å²) in [5.74, 6) is -0.286. The molecule has 0 aliphatic carbocycles. The van der Waals surface area contributed by atoms with Gasteiger partial charge in [-0.3, -0.25) is 9.78 Å². The minimum atomic E-state index is -4.55. The van der Waals surface area contributed by atoms with E-state index < -0.39 is 20.2 Å². The lowest BCUT2D eigenvalue weighted by atomic mass is 10.00. The summed E-state index contributed by atoms with van der Waals surface area (Å²) in [7, 11) is -2.19. The van der Waals surface area contributed by atoms with Gasteiger partial charge in [0.1, 0.15) is 17.4 Å². The van der Waals surface area contributed by atoms with E-state index in [9.17, 15) is 18.0 Å². The number of alkyl halides is 3. The topological polar surface area (TPSA) is 57.7 Å². The second kappa shape index (κ2) is 9.19. The van der Waals surface area contributed by atoms with Gasteiger partial charge in [0.25, 0.3) is 0 Å². The van der Waals surface area contributed by atoms with Gasteiger partial charge in [-0.15, -0.1) is 0 Å². The highest BCUT2D eigenvalue weighted by atomic mass is 28.4. The Morgan fingerprint density at radius 1 is 1.18 bits per heavy atom. The fraction of sp³-hybridized carbons (Fsp3) is 0.500. The Labute approximate surface area is 193 Å². The van der Waals surface area contributed by atoms with Crippen molar-refractivity contribution in [2.24, 2.45) is 5.92 Å². The molecule has 0 N–H and O–H groups in total. The maximum absolute atomic E-state index is 13.3. The second-order valence-electron chi connectivity index (χ2n) is 9.86. The summed E-state index contributed by atoms with van der Waals surface area (Å²) in [6, 6.07) is 7.68. The number of carbonyl (C=O) groups is 1. The zero-order valence-corrected chi connectivity index (χ0v) is 20.7. The van der Waals surface area contributed by atoms with Gasteiger partial charge in [0.15, 0.2) is 8.32 Å². The van der Waals surface area contributed by atoms with Gasteiger partial charge in [0.05, 0.1) is 19.3 Å². The Kier molecular flexibility index (Phi) is 7.07. The summed E-state index contributed by atoms with van der Waals surface area (Å²) in [4.78, 5) is 15.8. The zero-order chi connectivity index (χ0) is 24.6. The molecule has 0 spiro atoms. The average Bonchev–Trinajstić information content (AvgIpc) is 2.70. The van der Waals surface area contributed by atoms with Crippen molar-refractivity contribution in [1.82, 2.24) is 4.98 Å². The first kappa shape index (κ1) is 25.4. The van der Waals surface area contributed by atoms with Gasteiger partial charge in [-0.05, 0) is 54.4 Å². The van der Waals surface area contributed by atoms with Crippen LogP contribution in [0.3, 0.4) is 0 Å². The van der Waals surface area contributed by atoms with Crippen molar-refractivity contribution < 1.29 is 31.9 Å². The molecule has 3 rings (SSSR count). The van der Waals surface area contributed by atoms with Gasteiger partial charge < -0.3 is 13.9 Å². The molecule has 9 heteroatoms. The van der Waals surface area contributed by atoms with Crippen molar-refractivity contribution in [1.29, 1.82) is 0 Å². The van der Waals surface area contributed by atoms with E-state index in [4.69, 9.17) is 13.9 Å².